The van der Waals surface area contributed by atoms with Crippen molar-refractivity contribution in [3.63, 3.8) is 0 Å². The minimum atomic E-state index is -2.68. The molecule has 0 heterocycles. The molecule has 5 heteroatoms. The Labute approximate surface area is 108 Å². The number of hydrogen-bond donors (Lipinski definition) is 1. The van der Waals surface area contributed by atoms with E-state index in [9.17, 15) is 4.57 Å². The van der Waals surface area contributed by atoms with Crippen LogP contribution in [0.2, 0.25) is 0 Å². The maximum Gasteiger partial charge on any atom is 0.316 e. The van der Waals surface area contributed by atoms with E-state index in [1.807, 2.05) is 0 Å². The summed E-state index contributed by atoms with van der Waals surface area (Å²) in [6, 6.07) is 0. The van der Waals surface area contributed by atoms with Crippen LogP contribution in [0.25, 0.3) is 0 Å². The molecule has 0 radical (unpaired) electrons. The molecule has 3 nitrogen and oxygen atoms in total. The quantitative estimate of drug-likeness (QED) is 0.578. The predicted octanol–water partition coefficient (Wildman–Crippen LogP) is 2.36. The monoisotopic (exact) mass is 322 g/mol. The van der Waals surface area contributed by atoms with E-state index in [0.717, 1.165) is 12.8 Å². The molecular formula is C7H17NdO3P. The molecule has 0 fully saturated rings. The van der Waals surface area contributed by atoms with Crippen molar-refractivity contribution >= 4 is 8.25 Å². The molecule has 0 spiro atoms. The summed E-state index contributed by atoms with van der Waals surface area (Å²) in [6.45, 7) is 2.58. The van der Waals surface area contributed by atoms with Gasteiger partial charge in [-0.05, 0) is 6.42 Å². The van der Waals surface area contributed by atoms with Gasteiger partial charge in [-0.25, -0.2) is 0 Å². The van der Waals surface area contributed by atoms with Crippen molar-refractivity contribution in [1.82, 2.24) is 0 Å². The van der Waals surface area contributed by atoms with E-state index in [-0.39, 0.29) is 40.8 Å². The molecule has 0 saturated heterocycles. The molecule has 0 bridgehead atoms. The molecule has 0 aliphatic carbocycles. The minimum absolute atomic E-state index is 0. The van der Waals surface area contributed by atoms with Gasteiger partial charge in [0, 0.05) is 40.8 Å². The number of hydrogen-bond acceptors (Lipinski definition) is 2. The van der Waals surface area contributed by atoms with Gasteiger partial charge in [-0.2, -0.15) is 0 Å². The molecule has 1 atom stereocenters. The van der Waals surface area contributed by atoms with E-state index >= 15 is 0 Å². The summed E-state index contributed by atoms with van der Waals surface area (Å²) in [5.41, 5.74) is 0. The van der Waals surface area contributed by atoms with Crippen molar-refractivity contribution in [1.29, 1.82) is 0 Å². The summed E-state index contributed by atoms with van der Waals surface area (Å²) in [5, 5.41) is 0. The Morgan fingerprint density at radius 3 is 2.33 bits per heavy atom. The molecule has 0 saturated carbocycles. The third kappa shape index (κ3) is 14.0. The van der Waals surface area contributed by atoms with E-state index in [4.69, 9.17) is 4.89 Å². The van der Waals surface area contributed by atoms with Crippen LogP contribution in [0, 0.1) is 40.8 Å². The molecule has 0 aromatic carbocycles. The van der Waals surface area contributed by atoms with Gasteiger partial charge in [0.1, 0.15) is 0 Å². The second-order valence-electron chi connectivity index (χ2n) is 2.53. The summed E-state index contributed by atoms with van der Waals surface area (Å²) < 4.78 is 14.6. The molecule has 1 N–H and O–H groups in total. The Morgan fingerprint density at radius 2 is 1.83 bits per heavy atom. The normalized spacial score (nSPS) is 12.2. The molecule has 12 heavy (non-hydrogen) atoms. The van der Waals surface area contributed by atoms with E-state index in [1.54, 1.807) is 0 Å². The van der Waals surface area contributed by atoms with Crippen LogP contribution < -0.4 is 0 Å². The third-order valence-electron chi connectivity index (χ3n) is 1.47. The smallest absolute Gasteiger partial charge is 0.316 e. The first-order valence-corrected chi connectivity index (χ1v) is 5.39. The van der Waals surface area contributed by atoms with Crippen molar-refractivity contribution in [2.24, 2.45) is 0 Å². The largest absolute Gasteiger partial charge is 0.326 e. The second-order valence-corrected chi connectivity index (χ2v) is 3.35. The van der Waals surface area contributed by atoms with E-state index in [2.05, 4.69) is 11.4 Å². The fourth-order valence-electron chi connectivity index (χ4n) is 0.865. The van der Waals surface area contributed by atoms with Crippen LogP contribution in [-0.2, 0) is 9.09 Å². The molecule has 72 valence electrons. The van der Waals surface area contributed by atoms with Gasteiger partial charge in [-0.15, -0.1) is 0 Å². The van der Waals surface area contributed by atoms with Gasteiger partial charge in [0.05, 0.1) is 6.61 Å². The Bertz CT molecular complexity index is 111. The summed E-state index contributed by atoms with van der Waals surface area (Å²) in [4.78, 5) is 8.28. The van der Waals surface area contributed by atoms with Crippen LogP contribution in [0.3, 0.4) is 0 Å². The zero-order chi connectivity index (χ0) is 8.53. The van der Waals surface area contributed by atoms with Crippen LogP contribution in [0.5, 0.6) is 0 Å². The Hall–Kier alpha value is 1.50. The van der Waals surface area contributed by atoms with Gasteiger partial charge in [0.25, 0.3) is 0 Å². The van der Waals surface area contributed by atoms with Crippen LogP contribution in [-0.4, -0.2) is 11.5 Å². The van der Waals surface area contributed by atoms with Gasteiger partial charge in [-0.3, -0.25) is 4.57 Å². The van der Waals surface area contributed by atoms with Crippen LogP contribution >= 0.6 is 8.25 Å². The molecule has 0 amide bonds. The van der Waals surface area contributed by atoms with Gasteiger partial charge in [0.2, 0.25) is 0 Å². The number of unbranched alkanes of at least 4 members (excludes halogenated alkanes) is 4. The van der Waals surface area contributed by atoms with E-state index in [0.29, 0.717) is 6.61 Å². The average Bonchev–Trinajstić information content (AvgIpc) is 1.96. The first-order chi connectivity index (χ1) is 5.27. The van der Waals surface area contributed by atoms with Crippen molar-refractivity contribution < 1.29 is 54.8 Å². The van der Waals surface area contributed by atoms with Crippen LogP contribution in [0.1, 0.15) is 39.0 Å². The van der Waals surface area contributed by atoms with Gasteiger partial charge in [-0.1, -0.05) is 32.6 Å². The predicted molar refractivity (Wildman–Crippen MR) is 45.9 cm³/mol. The standard InChI is InChI=1S/C7H17O3P.Nd/c1-2-3-4-5-6-7-10-11(8)9;/h11H,2-7H2,1H3,(H,8,9);. The summed E-state index contributed by atoms with van der Waals surface area (Å²) in [6.07, 6.45) is 5.66. The maximum atomic E-state index is 10.1. The zero-order valence-electron chi connectivity index (χ0n) is 7.51. The van der Waals surface area contributed by atoms with Gasteiger partial charge < -0.3 is 9.42 Å². The summed E-state index contributed by atoms with van der Waals surface area (Å²) >= 11 is 0. The Kier molecular flexibility index (Phi) is 16.6. The van der Waals surface area contributed by atoms with Crippen molar-refractivity contribution in [3.05, 3.63) is 0 Å². The summed E-state index contributed by atoms with van der Waals surface area (Å²) in [5.74, 6) is 0. The zero-order valence-corrected chi connectivity index (χ0v) is 11.7. The first kappa shape index (κ1) is 16.0. The maximum absolute atomic E-state index is 10.1. The Morgan fingerprint density at radius 1 is 1.25 bits per heavy atom. The fourth-order valence-corrected chi connectivity index (χ4v) is 1.18. The van der Waals surface area contributed by atoms with Crippen LogP contribution in [0.4, 0.5) is 0 Å². The molecular weight excluding hydrogens is 307 g/mol. The molecule has 1 unspecified atom stereocenters. The molecule has 0 aromatic rings. The molecule has 0 aliphatic heterocycles. The minimum Gasteiger partial charge on any atom is -0.326 e. The van der Waals surface area contributed by atoms with E-state index < -0.39 is 8.25 Å². The first-order valence-electron chi connectivity index (χ1n) is 4.13. The molecule has 0 aliphatic rings. The second kappa shape index (κ2) is 12.5. The summed E-state index contributed by atoms with van der Waals surface area (Å²) in [7, 11) is -2.68. The van der Waals surface area contributed by atoms with Crippen molar-refractivity contribution in [3.8, 4) is 0 Å². The number of rotatable bonds is 7. The van der Waals surface area contributed by atoms with Crippen molar-refractivity contribution in [2.75, 3.05) is 6.61 Å². The van der Waals surface area contributed by atoms with Gasteiger partial charge >= 0.3 is 8.25 Å². The van der Waals surface area contributed by atoms with E-state index in [1.165, 1.54) is 19.3 Å². The Balaban J connectivity index is 0. The van der Waals surface area contributed by atoms with Crippen molar-refractivity contribution in [2.45, 2.75) is 39.0 Å². The van der Waals surface area contributed by atoms with Crippen LogP contribution in [0.15, 0.2) is 0 Å². The molecule has 0 rings (SSSR count). The average molecular weight is 324 g/mol. The molecule has 0 aromatic heterocycles. The SMILES string of the molecule is CCCCCCCO[PH](=O)O.[Nd]. The fraction of sp³-hybridized carbons (Fsp3) is 1.00. The van der Waals surface area contributed by atoms with Gasteiger partial charge in [0.15, 0.2) is 0 Å². The third-order valence-corrected chi connectivity index (χ3v) is 1.92. The topological polar surface area (TPSA) is 46.5 Å².